The molecule has 1 aliphatic heterocycles. The predicted octanol–water partition coefficient (Wildman–Crippen LogP) is 0.255. The van der Waals surface area contributed by atoms with Crippen molar-refractivity contribution in [2.75, 3.05) is 38.1 Å². The number of amides is 1. The van der Waals surface area contributed by atoms with Crippen LogP contribution in [0.4, 0.5) is 5.95 Å². The Hall–Kier alpha value is -1.69. The molecule has 1 amide bonds. The molecular weight excluding hydrogens is 242 g/mol. The number of aromatic nitrogens is 2. The first-order valence-electron chi connectivity index (χ1n) is 6.66. The van der Waals surface area contributed by atoms with Gasteiger partial charge in [-0.15, -0.1) is 0 Å². The van der Waals surface area contributed by atoms with Crippen LogP contribution in [0.3, 0.4) is 0 Å². The van der Waals surface area contributed by atoms with E-state index in [9.17, 15) is 4.79 Å². The second kappa shape index (κ2) is 6.47. The topological polar surface area (TPSA) is 61.4 Å². The summed E-state index contributed by atoms with van der Waals surface area (Å²) in [5, 5.41) is 3.07. The van der Waals surface area contributed by atoms with E-state index in [1.807, 2.05) is 24.3 Å². The van der Waals surface area contributed by atoms with Gasteiger partial charge in [-0.05, 0) is 13.5 Å². The van der Waals surface area contributed by atoms with E-state index in [-0.39, 0.29) is 5.91 Å². The van der Waals surface area contributed by atoms with E-state index < -0.39 is 0 Å². The van der Waals surface area contributed by atoms with Gasteiger partial charge in [-0.3, -0.25) is 4.79 Å². The summed E-state index contributed by atoms with van der Waals surface area (Å²) in [5.74, 6) is 0.900. The molecule has 0 bridgehead atoms. The molecule has 1 N–H and O–H groups in total. The van der Waals surface area contributed by atoms with Gasteiger partial charge >= 0.3 is 0 Å². The number of hydrogen-bond donors (Lipinski definition) is 1. The Kier molecular flexibility index (Phi) is 4.68. The van der Waals surface area contributed by atoms with E-state index in [4.69, 9.17) is 0 Å². The third-order valence-electron chi connectivity index (χ3n) is 3.30. The van der Waals surface area contributed by atoms with E-state index in [0.717, 1.165) is 50.7 Å². The van der Waals surface area contributed by atoms with Crippen molar-refractivity contribution in [3.05, 3.63) is 18.0 Å². The van der Waals surface area contributed by atoms with Gasteiger partial charge in [-0.25, -0.2) is 9.97 Å². The molecular formula is C13H21N5O. The summed E-state index contributed by atoms with van der Waals surface area (Å²) in [6, 6.07) is 0. The van der Waals surface area contributed by atoms with Crippen molar-refractivity contribution in [2.45, 2.75) is 19.9 Å². The van der Waals surface area contributed by atoms with Crippen molar-refractivity contribution in [1.29, 1.82) is 0 Å². The molecule has 1 aromatic heterocycles. The Bertz CT molecular complexity index is 420. The molecule has 2 heterocycles. The van der Waals surface area contributed by atoms with E-state index in [2.05, 4.69) is 20.2 Å². The Labute approximate surface area is 113 Å². The second-order valence-electron chi connectivity index (χ2n) is 4.77. The molecule has 1 aromatic rings. The SMILES string of the molecule is CNCc1cnc(N2CCCN(C(C)=O)CC2)nc1. The van der Waals surface area contributed by atoms with Crippen molar-refractivity contribution in [2.24, 2.45) is 0 Å². The smallest absolute Gasteiger partial charge is 0.225 e. The van der Waals surface area contributed by atoms with Crippen LogP contribution in [-0.4, -0.2) is 54.0 Å². The minimum Gasteiger partial charge on any atom is -0.341 e. The molecule has 1 saturated heterocycles. The summed E-state index contributed by atoms with van der Waals surface area (Å²) in [4.78, 5) is 24.2. The molecule has 1 aliphatic rings. The van der Waals surface area contributed by atoms with Crippen molar-refractivity contribution >= 4 is 11.9 Å². The lowest BCUT2D eigenvalue weighted by Gasteiger charge is -2.21. The van der Waals surface area contributed by atoms with E-state index in [1.165, 1.54) is 0 Å². The highest BCUT2D eigenvalue weighted by Gasteiger charge is 2.18. The van der Waals surface area contributed by atoms with Gasteiger partial charge in [0.15, 0.2) is 0 Å². The molecule has 0 radical (unpaired) electrons. The molecule has 0 aromatic carbocycles. The Balaban J connectivity index is 1.99. The zero-order valence-corrected chi connectivity index (χ0v) is 11.6. The predicted molar refractivity (Wildman–Crippen MR) is 73.9 cm³/mol. The fraction of sp³-hybridized carbons (Fsp3) is 0.615. The van der Waals surface area contributed by atoms with Crippen LogP contribution in [-0.2, 0) is 11.3 Å². The van der Waals surface area contributed by atoms with Gasteiger partial charge in [-0.2, -0.15) is 0 Å². The summed E-state index contributed by atoms with van der Waals surface area (Å²) in [5.41, 5.74) is 1.08. The van der Waals surface area contributed by atoms with Gasteiger partial charge in [-0.1, -0.05) is 0 Å². The molecule has 0 saturated carbocycles. The molecule has 0 atom stereocenters. The van der Waals surface area contributed by atoms with Gasteiger partial charge in [0.05, 0.1) is 0 Å². The van der Waals surface area contributed by atoms with Crippen molar-refractivity contribution < 1.29 is 4.79 Å². The number of nitrogens with one attached hydrogen (secondary N) is 1. The number of hydrogen-bond acceptors (Lipinski definition) is 5. The molecule has 1 fully saturated rings. The van der Waals surface area contributed by atoms with Gasteiger partial charge in [0.25, 0.3) is 0 Å². The number of carbonyl (C=O) groups excluding carboxylic acids is 1. The van der Waals surface area contributed by atoms with Gasteiger partial charge in [0.1, 0.15) is 0 Å². The van der Waals surface area contributed by atoms with Crippen LogP contribution >= 0.6 is 0 Å². The molecule has 6 nitrogen and oxygen atoms in total. The van der Waals surface area contributed by atoms with E-state index in [1.54, 1.807) is 6.92 Å². The lowest BCUT2D eigenvalue weighted by atomic mass is 10.3. The first kappa shape index (κ1) is 13.7. The third-order valence-corrected chi connectivity index (χ3v) is 3.30. The minimum absolute atomic E-state index is 0.145. The van der Waals surface area contributed by atoms with Crippen LogP contribution in [0.1, 0.15) is 18.9 Å². The first-order valence-corrected chi connectivity index (χ1v) is 6.66. The zero-order chi connectivity index (χ0) is 13.7. The van der Waals surface area contributed by atoms with E-state index in [0.29, 0.717) is 0 Å². The van der Waals surface area contributed by atoms with Crippen LogP contribution in [0, 0.1) is 0 Å². The Morgan fingerprint density at radius 2 is 2.00 bits per heavy atom. The molecule has 0 spiro atoms. The molecule has 0 aliphatic carbocycles. The highest BCUT2D eigenvalue weighted by atomic mass is 16.2. The standard InChI is InChI=1S/C13H21N5O/c1-11(19)17-4-3-5-18(7-6-17)13-15-9-12(8-14-2)10-16-13/h9-10,14H,3-8H2,1-2H3. The van der Waals surface area contributed by atoms with E-state index >= 15 is 0 Å². The average Bonchev–Trinajstić information content (AvgIpc) is 2.66. The maximum Gasteiger partial charge on any atom is 0.225 e. The Morgan fingerprint density at radius 1 is 1.26 bits per heavy atom. The maximum atomic E-state index is 11.4. The average molecular weight is 263 g/mol. The first-order chi connectivity index (χ1) is 9.20. The lowest BCUT2D eigenvalue weighted by molar-refractivity contribution is -0.128. The normalized spacial score (nSPS) is 16.3. The zero-order valence-electron chi connectivity index (χ0n) is 11.6. The van der Waals surface area contributed by atoms with Crippen molar-refractivity contribution in [3.8, 4) is 0 Å². The van der Waals surface area contributed by atoms with Gasteiger partial charge in [0, 0.05) is 57.6 Å². The van der Waals surface area contributed by atoms with Crippen LogP contribution in [0.2, 0.25) is 0 Å². The lowest BCUT2D eigenvalue weighted by Crippen LogP contribution is -2.34. The molecule has 104 valence electrons. The fourth-order valence-electron chi connectivity index (χ4n) is 2.24. The fourth-order valence-corrected chi connectivity index (χ4v) is 2.24. The highest BCUT2D eigenvalue weighted by Crippen LogP contribution is 2.11. The highest BCUT2D eigenvalue weighted by molar-refractivity contribution is 5.73. The summed E-state index contributed by atoms with van der Waals surface area (Å²) in [7, 11) is 1.90. The van der Waals surface area contributed by atoms with Gasteiger partial charge < -0.3 is 15.1 Å². The van der Waals surface area contributed by atoms with Crippen molar-refractivity contribution in [3.63, 3.8) is 0 Å². The second-order valence-corrected chi connectivity index (χ2v) is 4.77. The molecule has 6 heteroatoms. The number of anilines is 1. The van der Waals surface area contributed by atoms with Crippen molar-refractivity contribution in [1.82, 2.24) is 20.2 Å². The number of carbonyl (C=O) groups is 1. The molecule has 0 unspecified atom stereocenters. The number of rotatable bonds is 3. The molecule has 19 heavy (non-hydrogen) atoms. The summed E-state index contributed by atoms with van der Waals surface area (Å²) in [6.45, 7) is 5.66. The van der Waals surface area contributed by atoms with Crippen LogP contribution in [0.5, 0.6) is 0 Å². The van der Waals surface area contributed by atoms with Crippen LogP contribution < -0.4 is 10.2 Å². The summed E-state index contributed by atoms with van der Waals surface area (Å²) >= 11 is 0. The maximum absolute atomic E-state index is 11.4. The van der Waals surface area contributed by atoms with Crippen LogP contribution in [0.25, 0.3) is 0 Å². The summed E-state index contributed by atoms with van der Waals surface area (Å²) in [6.07, 6.45) is 4.67. The quantitative estimate of drug-likeness (QED) is 0.847. The minimum atomic E-state index is 0.145. The third kappa shape index (κ3) is 3.64. The largest absolute Gasteiger partial charge is 0.341 e. The van der Waals surface area contributed by atoms with Crippen LogP contribution in [0.15, 0.2) is 12.4 Å². The molecule has 2 rings (SSSR count). The monoisotopic (exact) mass is 263 g/mol. The summed E-state index contributed by atoms with van der Waals surface area (Å²) < 4.78 is 0. The van der Waals surface area contributed by atoms with Gasteiger partial charge in [0.2, 0.25) is 11.9 Å². The Morgan fingerprint density at radius 3 is 2.63 bits per heavy atom. The number of nitrogens with zero attached hydrogens (tertiary/aromatic N) is 4.